The van der Waals surface area contributed by atoms with Crippen LogP contribution >= 0.6 is 0 Å². The molecule has 0 atom stereocenters. The zero-order valence-corrected chi connectivity index (χ0v) is 14.4. The van der Waals surface area contributed by atoms with Crippen LogP contribution in [0.4, 0.5) is 0 Å². The van der Waals surface area contributed by atoms with Crippen molar-refractivity contribution in [1.82, 2.24) is 20.1 Å². The second-order valence-corrected chi connectivity index (χ2v) is 6.16. The number of nitrogens with zero attached hydrogens (tertiary/aromatic N) is 3. The number of aryl methyl sites for hydroxylation is 1. The van der Waals surface area contributed by atoms with Crippen LogP contribution in [0.5, 0.6) is 0 Å². The molecule has 1 N–H and O–H groups in total. The van der Waals surface area contributed by atoms with Gasteiger partial charge < -0.3 is 5.32 Å². The monoisotopic (exact) mass is 342 g/mol. The maximum atomic E-state index is 12.6. The minimum atomic E-state index is -0.0851. The Morgan fingerprint density at radius 2 is 1.88 bits per heavy atom. The minimum absolute atomic E-state index is 0.0851. The zero-order chi connectivity index (χ0) is 17.9. The molecule has 0 aliphatic heterocycles. The lowest BCUT2D eigenvalue weighted by Gasteiger charge is -2.08. The van der Waals surface area contributed by atoms with Gasteiger partial charge in [-0.05, 0) is 28.5 Å². The van der Waals surface area contributed by atoms with Crippen LogP contribution in [0, 0.1) is 0 Å². The summed E-state index contributed by atoms with van der Waals surface area (Å²) in [6, 6.07) is 17.6. The van der Waals surface area contributed by atoms with Crippen LogP contribution in [0.15, 0.2) is 73.2 Å². The first-order valence-corrected chi connectivity index (χ1v) is 8.40. The van der Waals surface area contributed by atoms with Crippen molar-refractivity contribution in [2.75, 3.05) is 0 Å². The van der Waals surface area contributed by atoms with E-state index in [9.17, 15) is 4.79 Å². The molecule has 0 spiro atoms. The highest BCUT2D eigenvalue weighted by molar-refractivity contribution is 6.06. The van der Waals surface area contributed by atoms with Crippen molar-refractivity contribution in [2.24, 2.45) is 7.05 Å². The van der Waals surface area contributed by atoms with Crippen LogP contribution in [0.1, 0.15) is 15.9 Å². The van der Waals surface area contributed by atoms with Gasteiger partial charge in [-0.25, -0.2) is 0 Å². The van der Waals surface area contributed by atoms with Gasteiger partial charge in [-0.1, -0.05) is 42.5 Å². The lowest BCUT2D eigenvalue weighted by Crippen LogP contribution is -2.23. The van der Waals surface area contributed by atoms with Gasteiger partial charge in [0.25, 0.3) is 5.91 Å². The number of benzene rings is 2. The molecule has 0 fully saturated rings. The number of hydrogen-bond acceptors (Lipinski definition) is 3. The maximum absolute atomic E-state index is 12.6. The first kappa shape index (κ1) is 16.0. The Morgan fingerprint density at radius 3 is 2.65 bits per heavy atom. The number of fused-ring (bicyclic) bond motifs is 1. The van der Waals surface area contributed by atoms with Crippen molar-refractivity contribution in [3.05, 3.63) is 84.3 Å². The van der Waals surface area contributed by atoms with Gasteiger partial charge in [-0.2, -0.15) is 5.10 Å². The van der Waals surface area contributed by atoms with Gasteiger partial charge in [-0.15, -0.1) is 0 Å². The predicted molar refractivity (Wildman–Crippen MR) is 102 cm³/mol. The fraction of sp³-hybridized carbons (Fsp3) is 0.0952. The molecule has 128 valence electrons. The quantitative estimate of drug-likeness (QED) is 0.617. The van der Waals surface area contributed by atoms with Crippen molar-refractivity contribution in [3.8, 4) is 11.3 Å². The van der Waals surface area contributed by atoms with Crippen molar-refractivity contribution < 1.29 is 4.79 Å². The highest BCUT2D eigenvalue weighted by atomic mass is 16.1. The Bertz CT molecular complexity index is 1060. The highest BCUT2D eigenvalue weighted by Crippen LogP contribution is 2.19. The molecular weight excluding hydrogens is 324 g/mol. The molecular formula is C21H18N4O. The van der Waals surface area contributed by atoms with E-state index < -0.39 is 0 Å². The van der Waals surface area contributed by atoms with Crippen molar-refractivity contribution >= 4 is 16.7 Å². The molecule has 0 unspecified atom stereocenters. The molecule has 0 saturated heterocycles. The lowest BCUT2D eigenvalue weighted by molar-refractivity contribution is 0.0952. The number of pyridine rings is 1. The Morgan fingerprint density at radius 1 is 1.04 bits per heavy atom. The number of carbonyl (C=O) groups excluding carboxylic acids is 1. The molecule has 2 aromatic heterocycles. The number of hydrogen-bond donors (Lipinski definition) is 1. The van der Waals surface area contributed by atoms with E-state index >= 15 is 0 Å². The number of rotatable bonds is 4. The molecule has 5 heteroatoms. The Labute approximate surface area is 151 Å². The van der Waals surface area contributed by atoms with Crippen LogP contribution in [-0.4, -0.2) is 20.7 Å². The minimum Gasteiger partial charge on any atom is -0.348 e. The predicted octanol–water partition coefficient (Wildman–Crippen LogP) is 3.57. The summed E-state index contributed by atoms with van der Waals surface area (Å²) < 4.78 is 1.75. The van der Waals surface area contributed by atoms with Crippen LogP contribution in [-0.2, 0) is 13.6 Å². The number of carbonyl (C=O) groups is 1. The summed E-state index contributed by atoms with van der Waals surface area (Å²) in [7, 11) is 1.88. The zero-order valence-electron chi connectivity index (χ0n) is 14.4. The van der Waals surface area contributed by atoms with E-state index in [4.69, 9.17) is 0 Å². The number of aromatic nitrogens is 3. The van der Waals surface area contributed by atoms with E-state index in [-0.39, 0.29) is 5.91 Å². The van der Waals surface area contributed by atoms with Gasteiger partial charge in [0.15, 0.2) is 0 Å². The van der Waals surface area contributed by atoms with Crippen molar-refractivity contribution in [2.45, 2.75) is 6.54 Å². The SMILES string of the molecule is Cn1cc(-c2ccc(CNC(=O)c3cccc4ccccc34)cn2)cn1. The molecule has 0 bridgehead atoms. The molecule has 5 nitrogen and oxygen atoms in total. The largest absolute Gasteiger partial charge is 0.348 e. The normalized spacial score (nSPS) is 10.8. The molecule has 0 aliphatic carbocycles. The summed E-state index contributed by atoms with van der Waals surface area (Å²) >= 11 is 0. The van der Waals surface area contributed by atoms with Crippen molar-refractivity contribution in [1.29, 1.82) is 0 Å². The second-order valence-electron chi connectivity index (χ2n) is 6.16. The van der Waals surface area contributed by atoms with Crippen LogP contribution in [0.25, 0.3) is 22.0 Å². The molecule has 4 aromatic rings. The van der Waals surface area contributed by atoms with Gasteiger partial charge in [0, 0.05) is 37.1 Å². The molecule has 1 amide bonds. The third-order valence-corrected chi connectivity index (χ3v) is 4.31. The van der Waals surface area contributed by atoms with Crippen LogP contribution in [0.3, 0.4) is 0 Å². The Hall–Kier alpha value is -3.47. The second kappa shape index (κ2) is 6.80. The van der Waals surface area contributed by atoms with E-state index in [2.05, 4.69) is 15.4 Å². The molecule has 2 aromatic carbocycles. The fourth-order valence-electron chi connectivity index (χ4n) is 2.95. The van der Waals surface area contributed by atoms with Gasteiger partial charge >= 0.3 is 0 Å². The number of amides is 1. The summed E-state index contributed by atoms with van der Waals surface area (Å²) in [4.78, 5) is 17.0. The highest BCUT2D eigenvalue weighted by Gasteiger charge is 2.09. The average molecular weight is 342 g/mol. The molecule has 4 rings (SSSR count). The Balaban J connectivity index is 1.47. The summed E-state index contributed by atoms with van der Waals surface area (Å²) in [5, 5.41) is 9.14. The molecule has 2 heterocycles. The fourth-order valence-corrected chi connectivity index (χ4v) is 2.95. The maximum Gasteiger partial charge on any atom is 0.252 e. The molecule has 0 saturated carbocycles. The van der Waals surface area contributed by atoms with E-state index in [0.717, 1.165) is 27.6 Å². The van der Waals surface area contributed by atoms with E-state index in [0.29, 0.717) is 12.1 Å². The lowest BCUT2D eigenvalue weighted by atomic mass is 10.0. The summed E-state index contributed by atoms with van der Waals surface area (Å²) in [6.45, 7) is 0.433. The molecule has 26 heavy (non-hydrogen) atoms. The summed E-state index contributed by atoms with van der Waals surface area (Å²) in [5.74, 6) is -0.0851. The standard InChI is InChI=1S/C21H18N4O/c1-25-14-17(13-24-25)20-10-9-15(11-22-20)12-23-21(26)19-8-4-6-16-5-2-3-7-18(16)19/h2-11,13-14H,12H2,1H3,(H,23,26). The van der Waals surface area contributed by atoms with E-state index in [1.165, 1.54) is 0 Å². The third kappa shape index (κ3) is 3.19. The summed E-state index contributed by atoms with van der Waals surface area (Å²) in [5.41, 5.74) is 3.47. The Kier molecular flexibility index (Phi) is 4.19. The summed E-state index contributed by atoms with van der Waals surface area (Å²) in [6.07, 6.45) is 5.49. The van der Waals surface area contributed by atoms with Gasteiger partial charge in [0.05, 0.1) is 11.9 Å². The first-order valence-electron chi connectivity index (χ1n) is 8.40. The van der Waals surface area contributed by atoms with Crippen LogP contribution in [0.2, 0.25) is 0 Å². The van der Waals surface area contributed by atoms with E-state index in [1.54, 1.807) is 17.1 Å². The van der Waals surface area contributed by atoms with E-state index in [1.807, 2.05) is 67.8 Å². The molecule has 0 aliphatic rings. The van der Waals surface area contributed by atoms with Gasteiger partial charge in [-0.3, -0.25) is 14.5 Å². The third-order valence-electron chi connectivity index (χ3n) is 4.31. The topological polar surface area (TPSA) is 59.8 Å². The van der Waals surface area contributed by atoms with Gasteiger partial charge in [0.1, 0.15) is 0 Å². The smallest absolute Gasteiger partial charge is 0.252 e. The van der Waals surface area contributed by atoms with Gasteiger partial charge in [0.2, 0.25) is 0 Å². The van der Waals surface area contributed by atoms with Crippen molar-refractivity contribution in [3.63, 3.8) is 0 Å². The van der Waals surface area contributed by atoms with Crippen LogP contribution < -0.4 is 5.32 Å². The average Bonchev–Trinajstić information content (AvgIpc) is 3.12. The number of nitrogens with one attached hydrogen (secondary N) is 1. The first-order chi connectivity index (χ1) is 12.7. The molecule has 0 radical (unpaired) electrons.